The number of ketones is 2. The van der Waals surface area contributed by atoms with Gasteiger partial charge >= 0.3 is 0 Å². The number of imide groups is 2. The number of nitrogens with zero attached hydrogens (tertiary/aromatic N) is 2. The number of allylic oxidation sites excluding steroid dienone is 2. The summed E-state index contributed by atoms with van der Waals surface area (Å²) in [7, 11) is 0. The van der Waals surface area contributed by atoms with Crippen molar-refractivity contribution in [1.29, 1.82) is 0 Å². The normalized spacial score (nSPS) is 26.2. The van der Waals surface area contributed by atoms with Crippen LogP contribution in [0.2, 0.25) is 0 Å². The molecule has 4 aliphatic rings. The number of hydrogen-bond donors (Lipinski definition) is 1. The Kier molecular flexibility index (Phi) is 7.61. The maximum Gasteiger partial charge on any atom is 0.238 e. The maximum absolute atomic E-state index is 14.4. The second-order valence-corrected chi connectivity index (χ2v) is 12.9. The van der Waals surface area contributed by atoms with E-state index in [2.05, 4.69) is 0 Å². The monoisotopic (exact) mass is 646 g/mol. The number of carbonyl (C=O) groups excluding carboxylic acids is 6. The third-order valence-corrected chi connectivity index (χ3v) is 10.4. The minimum absolute atomic E-state index is 0.137. The molecule has 0 radical (unpaired) electrons. The number of carbonyl (C=O) groups is 6. The fourth-order valence-corrected chi connectivity index (χ4v) is 8.20. The molecule has 48 heavy (non-hydrogen) atoms. The van der Waals surface area contributed by atoms with Crippen LogP contribution in [0.25, 0.3) is 0 Å². The molecule has 3 aromatic carbocycles. The highest BCUT2D eigenvalue weighted by Crippen LogP contribution is 2.59. The minimum Gasteiger partial charge on any atom is -0.504 e. The molecule has 1 N–H and O–H groups in total. The molecule has 0 bridgehead atoms. The molecule has 3 aromatic rings. The van der Waals surface area contributed by atoms with Crippen LogP contribution in [0.3, 0.4) is 0 Å². The molecule has 2 aliphatic carbocycles. The summed E-state index contributed by atoms with van der Waals surface area (Å²) in [5.74, 6) is -6.28. The zero-order chi connectivity index (χ0) is 34.0. The molecular weight excluding hydrogens is 612 g/mol. The number of Topliss-reactive ketones (excluding diaryl/α,β-unsaturated/α-hetero) is 2. The van der Waals surface area contributed by atoms with Gasteiger partial charge in [-0.25, -0.2) is 0 Å². The minimum atomic E-state index is -0.880. The molecule has 3 fully saturated rings. The second-order valence-electron chi connectivity index (χ2n) is 12.9. The van der Waals surface area contributed by atoms with Gasteiger partial charge in [-0.1, -0.05) is 23.8 Å². The Morgan fingerprint density at radius 2 is 1.27 bits per heavy atom. The van der Waals surface area contributed by atoms with E-state index in [4.69, 9.17) is 4.74 Å². The zero-order valence-electron chi connectivity index (χ0n) is 26.7. The third-order valence-electron chi connectivity index (χ3n) is 10.4. The van der Waals surface area contributed by atoms with E-state index in [1.54, 1.807) is 73.7 Å². The van der Waals surface area contributed by atoms with Crippen LogP contribution >= 0.6 is 0 Å². The van der Waals surface area contributed by atoms with E-state index >= 15 is 0 Å². The summed E-state index contributed by atoms with van der Waals surface area (Å²) in [6, 6.07) is 17.7. The van der Waals surface area contributed by atoms with E-state index in [-0.39, 0.29) is 41.8 Å². The number of ether oxygens (including phenoxy) is 1. The van der Waals surface area contributed by atoms with Crippen molar-refractivity contribution in [2.45, 2.75) is 39.5 Å². The first-order chi connectivity index (χ1) is 23.0. The van der Waals surface area contributed by atoms with Gasteiger partial charge in [0.05, 0.1) is 41.7 Å². The predicted molar refractivity (Wildman–Crippen MR) is 175 cm³/mol. The van der Waals surface area contributed by atoms with Crippen molar-refractivity contribution in [3.8, 4) is 11.5 Å². The van der Waals surface area contributed by atoms with Gasteiger partial charge in [-0.05, 0) is 94.1 Å². The average molecular weight is 647 g/mol. The van der Waals surface area contributed by atoms with Crippen molar-refractivity contribution in [3.63, 3.8) is 0 Å². The van der Waals surface area contributed by atoms with Crippen molar-refractivity contribution in [2.24, 2.45) is 29.6 Å². The lowest BCUT2D eigenvalue weighted by molar-refractivity contribution is -0.126. The van der Waals surface area contributed by atoms with Crippen molar-refractivity contribution < 1.29 is 38.6 Å². The Labute approximate surface area is 277 Å². The molecule has 7 rings (SSSR count). The molecule has 1 saturated carbocycles. The maximum atomic E-state index is 14.4. The standard InChI is InChI=1S/C38H34N2O8/c1-4-48-30-7-5-6-26(34(30)43)31-25-16-17-27-32(37(46)39(35(27)44)23-12-8-21(9-13-23)19(2)41)28(25)18-29-33(31)38(47)40(36(29)45)24-14-10-22(11-15-24)20(3)42/h5-16,27-29,31-33,43H,4,17-18H2,1-3H3. The number of aromatic hydroxyl groups is 1. The van der Waals surface area contributed by atoms with Crippen LogP contribution in [0.5, 0.6) is 11.5 Å². The zero-order valence-corrected chi connectivity index (χ0v) is 26.7. The number of para-hydroxylation sites is 1. The molecule has 6 unspecified atom stereocenters. The predicted octanol–water partition coefficient (Wildman–Crippen LogP) is 5.24. The first kappa shape index (κ1) is 31.2. The molecule has 2 heterocycles. The smallest absolute Gasteiger partial charge is 0.238 e. The number of amides is 4. The van der Waals surface area contributed by atoms with Crippen LogP contribution < -0.4 is 14.5 Å². The fraction of sp³-hybridized carbons (Fsp3) is 0.316. The number of phenols is 1. The van der Waals surface area contributed by atoms with E-state index in [0.717, 1.165) is 10.5 Å². The van der Waals surface area contributed by atoms with Crippen molar-refractivity contribution in [2.75, 3.05) is 16.4 Å². The Balaban J connectivity index is 1.32. The number of anilines is 2. The lowest BCUT2D eigenvalue weighted by Gasteiger charge is -2.44. The van der Waals surface area contributed by atoms with E-state index < -0.39 is 53.2 Å². The van der Waals surface area contributed by atoms with E-state index in [1.807, 2.05) is 6.08 Å². The summed E-state index contributed by atoms with van der Waals surface area (Å²) in [6.07, 6.45) is 2.33. The lowest BCUT2D eigenvalue weighted by Crippen LogP contribution is -2.43. The van der Waals surface area contributed by atoms with Crippen molar-refractivity contribution >= 4 is 46.6 Å². The molecule has 4 amide bonds. The second kappa shape index (κ2) is 11.7. The van der Waals surface area contributed by atoms with Crippen LogP contribution in [0.4, 0.5) is 11.4 Å². The van der Waals surface area contributed by atoms with Crippen LogP contribution in [0, 0.1) is 29.6 Å². The SMILES string of the molecule is CCOc1cccc(C2C3=CCC4C(=O)N(c5ccc(C(C)=O)cc5)C(=O)C4C3CC3C(=O)N(c4ccc(C(C)=O)cc4)C(=O)C32)c1O. The molecule has 6 atom stereocenters. The van der Waals surface area contributed by atoms with Crippen LogP contribution in [-0.2, 0) is 19.2 Å². The molecule has 10 heteroatoms. The number of hydrogen-bond acceptors (Lipinski definition) is 8. The summed E-state index contributed by atoms with van der Waals surface area (Å²) >= 11 is 0. The first-order valence-electron chi connectivity index (χ1n) is 16.2. The van der Waals surface area contributed by atoms with Gasteiger partial charge in [-0.3, -0.25) is 38.6 Å². The number of benzene rings is 3. The van der Waals surface area contributed by atoms with Gasteiger partial charge in [-0.15, -0.1) is 0 Å². The first-order valence-corrected chi connectivity index (χ1v) is 16.2. The van der Waals surface area contributed by atoms with Gasteiger partial charge in [0.25, 0.3) is 0 Å². The number of rotatable bonds is 7. The fourth-order valence-electron chi connectivity index (χ4n) is 8.20. The van der Waals surface area contributed by atoms with Crippen LogP contribution in [0.1, 0.15) is 65.8 Å². The molecule has 244 valence electrons. The Morgan fingerprint density at radius 1 is 0.729 bits per heavy atom. The number of phenolic OH excluding ortho intramolecular Hbond substituents is 1. The third kappa shape index (κ3) is 4.69. The van der Waals surface area contributed by atoms with Crippen LogP contribution in [0.15, 0.2) is 78.4 Å². The highest BCUT2D eigenvalue weighted by molar-refractivity contribution is 6.24. The van der Waals surface area contributed by atoms with Gasteiger partial charge in [0.2, 0.25) is 23.6 Å². The van der Waals surface area contributed by atoms with E-state index in [9.17, 15) is 33.9 Å². The van der Waals surface area contributed by atoms with E-state index in [1.165, 1.54) is 18.7 Å². The van der Waals surface area contributed by atoms with Crippen molar-refractivity contribution in [1.82, 2.24) is 0 Å². The highest BCUT2D eigenvalue weighted by Gasteiger charge is 2.62. The summed E-state index contributed by atoms with van der Waals surface area (Å²) < 4.78 is 5.69. The summed E-state index contributed by atoms with van der Waals surface area (Å²) in [6.45, 7) is 4.96. The molecule has 2 saturated heterocycles. The van der Waals surface area contributed by atoms with Crippen molar-refractivity contribution in [3.05, 3.63) is 95.1 Å². The van der Waals surface area contributed by atoms with Crippen LogP contribution in [-0.4, -0.2) is 46.9 Å². The number of fused-ring (bicyclic) bond motifs is 4. The van der Waals surface area contributed by atoms with Gasteiger partial charge < -0.3 is 9.84 Å². The summed E-state index contributed by atoms with van der Waals surface area (Å²) in [5.41, 5.74) is 2.75. The quantitative estimate of drug-likeness (QED) is 0.209. The summed E-state index contributed by atoms with van der Waals surface area (Å²) in [4.78, 5) is 82.7. The van der Waals surface area contributed by atoms with Gasteiger partial charge in [-0.2, -0.15) is 0 Å². The lowest BCUT2D eigenvalue weighted by atomic mass is 9.57. The molecule has 2 aliphatic heterocycles. The summed E-state index contributed by atoms with van der Waals surface area (Å²) in [5, 5.41) is 11.5. The Hall–Kier alpha value is -5.38. The van der Waals surface area contributed by atoms with Gasteiger partial charge in [0.15, 0.2) is 23.1 Å². The Morgan fingerprint density at radius 3 is 1.81 bits per heavy atom. The molecule has 0 spiro atoms. The molecule has 0 aromatic heterocycles. The highest BCUT2D eigenvalue weighted by atomic mass is 16.5. The van der Waals surface area contributed by atoms with E-state index in [0.29, 0.717) is 34.7 Å². The van der Waals surface area contributed by atoms with Gasteiger partial charge in [0.1, 0.15) is 0 Å². The average Bonchev–Trinajstić information content (AvgIpc) is 3.48. The Bertz CT molecular complexity index is 1930. The molecule has 10 nitrogen and oxygen atoms in total. The molecular formula is C38H34N2O8. The topological polar surface area (TPSA) is 138 Å². The largest absolute Gasteiger partial charge is 0.504 e. The van der Waals surface area contributed by atoms with Gasteiger partial charge in [0, 0.05) is 22.6 Å².